The Kier molecular flexibility index (Phi) is 6.53. The molecule has 0 atom stereocenters. The average molecular weight is 475 g/mol. The van der Waals surface area contributed by atoms with E-state index >= 15 is 0 Å². The van der Waals surface area contributed by atoms with Crippen LogP contribution >= 0.6 is 0 Å². The van der Waals surface area contributed by atoms with Crippen LogP contribution in [0.1, 0.15) is 33.5 Å². The number of carbonyl (C=O) groups is 1. The lowest BCUT2D eigenvalue weighted by atomic mass is 10.1. The Labute approximate surface area is 202 Å². The Balaban J connectivity index is 1.11. The topological polar surface area (TPSA) is 111 Å². The van der Waals surface area contributed by atoms with Crippen LogP contribution in [0, 0.1) is 13.8 Å². The minimum atomic E-state index is 0.00428. The van der Waals surface area contributed by atoms with Crippen LogP contribution in [0.3, 0.4) is 0 Å². The molecule has 3 heterocycles. The van der Waals surface area contributed by atoms with Gasteiger partial charge < -0.3 is 18.7 Å². The van der Waals surface area contributed by atoms with E-state index in [-0.39, 0.29) is 12.5 Å². The van der Waals surface area contributed by atoms with E-state index in [4.69, 9.17) is 13.8 Å². The minimum absolute atomic E-state index is 0.00428. The summed E-state index contributed by atoms with van der Waals surface area (Å²) in [5.41, 5.74) is 2.70. The van der Waals surface area contributed by atoms with E-state index < -0.39 is 0 Å². The highest BCUT2D eigenvalue weighted by atomic mass is 16.5. The molecule has 5 rings (SSSR count). The zero-order valence-corrected chi connectivity index (χ0v) is 19.7. The molecule has 10 heteroatoms. The third-order valence-electron chi connectivity index (χ3n) is 5.91. The summed E-state index contributed by atoms with van der Waals surface area (Å²) in [5, 5.41) is 7.93. The summed E-state index contributed by atoms with van der Waals surface area (Å²) in [4.78, 5) is 25.7. The van der Waals surface area contributed by atoms with Gasteiger partial charge in [-0.25, -0.2) is 0 Å². The Morgan fingerprint density at radius 3 is 2.43 bits per heavy atom. The molecule has 180 valence electrons. The number of benzene rings is 2. The largest absolute Gasteiger partial charge is 0.485 e. The van der Waals surface area contributed by atoms with Crippen molar-refractivity contribution < 1.29 is 18.6 Å². The number of amides is 1. The van der Waals surface area contributed by atoms with Crippen LogP contribution in [0.25, 0.3) is 11.4 Å². The summed E-state index contributed by atoms with van der Waals surface area (Å²) in [6.45, 7) is 7.26. The molecule has 0 spiro atoms. The van der Waals surface area contributed by atoms with Gasteiger partial charge in [-0.2, -0.15) is 9.97 Å². The molecule has 1 aliphatic rings. The lowest BCUT2D eigenvalue weighted by molar-refractivity contribution is 0.0615. The highest BCUT2D eigenvalue weighted by molar-refractivity contribution is 5.94. The quantitative estimate of drug-likeness (QED) is 0.398. The van der Waals surface area contributed by atoms with Crippen LogP contribution in [-0.4, -0.2) is 62.2 Å². The first-order chi connectivity index (χ1) is 17.0. The first-order valence-electron chi connectivity index (χ1n) is 11.5. The maximum atomic E-state index is 12.9. The molecule has 35 heavy (non-hydrogen) atoms. The lowest BCUT2D eigenvalue weighted by Gasteiger charge is -2.34. The molecule has 2 aromatic carbocycles. The van der Waals surface area contributed by atoms with Crippen LogP contribution in [0.5, 0.6) is 5.75 Å². The fourth-order valence-electron chi connectivity index (χ4n) is 3.98. The van der Waals surface area contributed by atoms with Crippen LogP contribution in [-0.2, 0) is 13.2 Å². The summed E-state index contributed by atoms with van der Waals surface area (Å²) in [7, 11) is 0. The molecule has 0 bridgehead atoms. The normalized spacial score (nSPS) is 14.3. The summed E-state index contributed by atoms with van der Waals surface area (Å²) in [6, 6.07) is 15.1. The van der Waals surface area contributed by atoms with Crippen LogP contribution in [0.2, 0.25) is 0 Å². The number of carbonyl (C=O) groups excluding carboxylic acids is 1. The van der Waals surface area contributed by atoms with Crippen molar-refractivity contribution in [2.75, 3.05) is 26.2 Å². The van der Waals surface area contributed by atoms with Crippen LogP contribution < -0.4 is 4.74 Å². The van der Waals surface area contributed by atoms with E-state index in [2.05, 4.69) is 25.2 Å². The Hall–Kier alpha value is -4.05. The predicted molar refractivity (Wildman–Crippen MR) is 125 cm³/mol. The van der Waals surface area contributed by atoms with E-state index in [0.29, 0.717) is 54.4 Å². The molecule has 1 saturated heterocycles. The van der Waals surface area contributed by atoms with E-state index in [1.165, 1.54) is 0 Å². The molecule has 10 nitrogen and oxygen atoms in total. The van der Waals surface area contributed by atoms with E-state index in [1.54, 1.807) is 31.2 Å². The number of hydrogen-bond donors (Lipinski definition) is 0. The van der Waals surface area contributed by atoms with Crippen molar-refractivity contribution >= 4 is 5.91 Å². The zero-order valence-electron chi connectivity index (χ0n) is 19.7. The fourth-order valence-corrected chi connectivity index (χ4v) is 3.98. The van der Waals surface area contributed by atoms with E-state index in [9.17, 15) is 4.79 Å². The van der Waals surface area contributed by atoms with Gasteiger partial charge in [0.05, 0.1) is 6.54 Å². The number of ether oxygens (including phenoxy) is 1. The summed E-state index contributed by atoms with van der Waals surface area (Å²) >= 11 is 0. The maximum absolute atomic E-state index is 12.9. The van der Waals surface area contributed by atoms with Gasteiger partial charge in [-0.3, -0.25) is 9.69 Å². The molecule has 4 aromatic rings. The molecule has 1 amide bonds. The van der Waals surface area contributed by atoms with Gasteiger partial charge in [-0.15, -0.1) is 0 Å². The van der Waals surface area contributed by atoms with Crippen LogP contribution in [0.4, 0.5) is 0 Å². The number of hydrogen-bond acceptors (Lipinski definition) is 9. The second kappa shape index (κ2) is 10.1. The molecule has 2 aromatic heterocycles. The van der Waals surface area contributed by atoms with E-state index in [1.807, 2.05) is 36.1 Å². The van der Waals surface area contributed by atoms with Crippen molar-refractivity contribution in [1.29, 1.82) is 0 Å². The molecular formula is C25H26N6O4. The average Bonchev–Trinajstić information content (AvgIpc) is 3.52. The van der Waals surface area contributed by atoms with Gasteiger partial charge in [-0.05, 0) is 36.8 Å². The lowest BCUT2D eigenvalue weighted by Crippen LogP contribution is -2.48. The van der Waals surface area contributed by atoms with Crippen molar-refractivity contribution in [3.63, 3.8) is 0 Å². The Bertz CT molecular complexity index is 1290. The zero-order chi connectivity index (χ0) is 24.2. The van der Waals surface area contributed by atoms with Crippen molar-refractivity contribution in [1.82, 2.24) is 30.1 Å². The van der Waals surface area contributed by atoms with Crippen molar-refractivity contribution in [2.24, 2.45) is 0 Å². The van der Waals surface area contributed by atoms with Crippen molar-refractivity contribution in [3.05, 3.63) is 77.3 Å². The highest BCUT2D eigenvalue weighted by Gasteiger charge is 2.23. The Morgan fingerprint density at radius 2 is 1.71 bits per heavy atom. The summed E-state index contributed by atoms with van der Waals surface area (Å²) < 4.78 is 16.1. The van der Waals surface area contributed by atoms with Gasteiger partial charge in [0.2, 0.25) is 23.4 Å². The highest BCUT2D eigenvalue weighted by Crippen LogP contribution is 2.21. The monoisotopic (exact) mass is 474 g/mol. The third kappa shape index (κ3) is 5.38. The minimum Gasteiger partial charge on any atom is -0.485 e. The van der Waals surface area contributed by atoms with E-state index in [0.717, 1.165) is 24.2 Å². The Morgan fingerprint density at radius 1 is 0.943 bits per heavy atom. The summed E-state index contributed by atoms with van der Waals surface area (Å²) in [6.07, 6.45) is 0. The number of aryl methyl sites for hydroxylation is 2. The molecule has 0 unspecified atom stereocenters. The number of piperazine rings is 1. The standard InChI is InChI=1S/C25H26N6O4/c1-17-5-3-4-6-21(17)24-27-23(35-29-24)15-30-11-13-31(14-12-30)25(32)19-7-9-20(10-8-19)33-16-22-26-18(2)34-28-22/h3-10H,11-16H2,1-2H3. The second-order valence-electron chi connectivity index (χ2n) is 8.44. The fraction of sp³-hybridized carbons (Fsp3) is 0.320. The molecular weight excluding hydrogens is 448 g/mol. The number of rotatable bonds is 7. The summed E-state index contributed by atoms with van der Waals surface area (Å²) in [5.74, 6) is 2.80. The van der Waals surface area contributed by atoms with Crippen LogP contribution in [0.15, 0.2) is 57.6 Å². The third-order valence-corrected chi connectivity index (χ3v) is 5.91. The molecule has 0 aliphatic carbocycles. The molecule has 0 saturated carbocycles. The van der Waals surface area contributed by atoms with Gasteiger partial charge in [0, 0.05) is 44.2 Å². The number of aromatic nitrogens is 4. The van der Waals surface area contributed by atoms with Gasteiger partial charge in [0.25, 0.3) is 5.91 Å². The number of nitrogens with zero attached hydrogens (tertiary/aromatic N) is 6. The van der Waals surface area contributed by atoms with Gasteiger partial charge in [0.1, 0.15) is 5.75 Å². The van der Waals surface area contributed by atoms with Gasteiger partial charge >= 0.3 is 0 Å². The first-order valence-corrected chi connectivity index (χ1v) is 11.5. The molecule has 0 N–H and O–H groups in total. The molecule has 1 fully saturated rings. The van der Waals surface area contributed by atoms with Crippen molar-refractivity contribution in [2.45, 2.75) is 27.0 Å². The predicted octanol–water partition coefficient (Wildman–Crippen LogP) is 3.27. The van der Waals surface area contributed by atoms with Crippen molar-refractivity contribution in [3.8, 4) is 17.1 Å². The van der Waals surface area contributed by atoms with Gasteiger partial charge in [0.15, 0.2) is 6.61 Å². The molecule has 1 aliphatic heterocycles. The molecule has 0 radical (unpaired) electrons. The maximum Gasteiger partial charge on any atom is 0.253 e. The SMILES string of the molecule is Cc1nc(COc2ccc(C(=O)N3CCN(Cc4nc(-c5ccccc5C)no4)CC3)cc2)no1. The smallest absolute Gasteiger partial charge is 0.253 e. The van der Waals surface area contributed by atoms with Gasteiger partial charge in [-0.1, -0.05) is 34.6 Å². The second-order valence-corrected chi connectivity index (χ2v) is 8.44. The first kappa shape index (κ1) is 22.7.